The lowest BCUT2D eigenvalue weighted by atomic mass is 10.2. The lowest BCUT2D eigenvalue weighted by molar-refractivity contribution is 0.317. The minimum Gasteiger partial charge on any atom is -0.490 e. The highest BCUT2D eigenvalue weighted by Gasteiger charge is 2.09. The number of tetrazole rings is 1. The number of ether oxygens (including phenoxy) is 1. The average Bonchev–Trinajstić information content (AvgIpc) is 2.91. The number of halogens is 2. The van der Waals surface area contributed by atoms with Crippen LogP contribution in [0.25, 0.3) is 0 Å². The van der Waals surface area contributed by atoms with Gasteiger partial charge >= 0.3 is 0 Å². The summed E-state index contributed by atoms with van der Waals surface area (Å²) in [5.41, 5.74) is 1.02. The van der Waals surface area contributed by atoms with Gasteiger partial charge in [0.25, 0.3) is 0 Å². The molecule has 0 amide bonds. The molecular weight excluding hydrogens is 357 g/mol. The third kappa shape index (κ3) is 5.53. The summed E-state index contributed by atoms with van der Waals surface area (Å²) in [7, 11) is 1.82. The maximum Gasteiger partial charge on any atom is 0.209 e. The van der Waals surface area contributed by atoms with Crippen LogP contribution in [-0.4, -0.2) is 39.1 Å². The Balaban J connectivity index is 1.78. The summed E-state index contributed by atoms with van der Waals surface area (Å²) in [6.07, 6.45) is 0.911. The van der Waals surface area contributed by atoms with Crippen LogP contribution in [0.3, 0.4) is 0 Å². The van der Waals surface area contributed by atoms with E-state index in [4.69, 9.17) is 27.9 Å². The lowest BCUT2D eigenvalue weighted by Crippen LogP contribution is -2.16. The van der Waals surface area contributed by atoms with E-state index in [1.807, 2.05) is 26.1 Å². The van der Waals surface area contributed by atoms with Crippen LogP contribution in [0, 0.1) is 0 Å². The smallest absolute Gasteiger partial charge is 0.209 e. The van der Waals surface area contributed by atoms with E-state index >= 15 is 0 Å². The van der Waals surface area contributed by atoms with Crippen molar-refractivity contribution in [3.8, 4) is 5.75 Å². The maximum atomic E-state index is 6.23. The van der Waals surface area contributed by atoms with Crippen molar-refractivity contribution in [2.45, 2.75) is 25.0 Å². The standard InChI is InChI=1S/C14H19Cl2N5OS/c1-3-5-22-13-11(15)7-10(8-12(13)16)9-17-4-6-23-14-18-19-20-21(14)2/h7-8,17H,3-6,9H2,1-2H3. The molecule has 23 heavy (non-hydrogen) atoms. The largest absolute Gasteiger partial charge is 0.490 e. The number of hydrogen-bond acceptors (Lipinski definition) is 6. The Morgan fingerprint density at radius 1 is 1.30 bits per heavy atom. The average molecular weight is 376 g/mol. The number of benzene rings is 1. The number of nitrogens with one attached hydrogen (secondary N) is 1. The van der Waals surface area contributed by atoms with Gasteiger partial charge in [-0.05, 0) is 34.5 Å². The maximum absolute atomic E-state index is 6.23. The molecule has 9 heteroatoms. The number of rotatable bonds is 9. The zero-order valence-electron chi connectivity index (χ0n) is 13.1. The molecule has 2 rings (SSSR count). The summed E-state index contributed by atoms with van der Waals surface area (Å²) in [5, 5.41) is 16.5. The molecule has 0 unspecified atom stereocenters. The Kier molecular flexibility index (Phi) is 7.42. The van der Waals surface area contributed by atoms with E-state index in [0.29, 0.717) is 28.9 Å². The van der Waals surface area contributed by atoms with Gasteiger partial charge in [0.2, 0.25) is 5.16 Å². The Morgan fingerprint density at radius 2 is 2.04 bits per heavy atom. The first-order chi connectivity index (χ1) is 11.1. The molecule has 1 aromatic carbocycles. The van der Waals surface area contributed by atoms with Gasteiger partial charge in [-0.25, -0.2) is 4.68 Å². The first-order valence-corrected chi connectivity index (χ1v) is 9.02. The first kappa shape index (κ1) is 18.3. The topological polar surface area (TPSA) is 64.9 Å². The van der Waals surface area contributed by atoms with Crippen LogP contribution in [-0.2, 0) is 13.6 Å². The van der Waals surface area contributed by atoms with Crippen molar-refractivity contribution in [3.63, 3.8) is 0 Å². The fourth-order valence-corrected chi connectivity index (χ4v) is 3.24. The Hall–Kier alpha value is -1.02. The second kappa shape index (κ2) is 9.32. The Bertz CT molecular complexity index is 614. The monoisotopic (exact) mass is 375 g/mol. The highest BCUT2D eigenvalue weighted by atomic mass is 35.5. The van der Waals surface area contributed by atoms with Crippen molar-refractivity contribution in [1.82, 2.24) is 25.5 Å². The fraction of sp³-hybridized carbons (Fsp3) is 0.500. The van der Waals surface area contributed by atoms with Gasteiger partial charge < -0.3 is 10.1 Å². The quantitative estimate of drug-likeness (QED) is 0.536. The molecular formula is C14H19Cl2N5OS. The molecule has 2 aromatic rings. The predicted molar refractivity (Wildman–Crippen MR) is 93.5 cm³/mol. The molecule has 1 heterocycles. The molecule has 0 saturated carbocycles. The molecule has 0 radical (unpaired) electrons. The molecule has 1 aromatic heterocycles. The molecule has 1 N–H and O–H groups in total. The molecule has 6 nitrogen and oxygen atoms in total. The molecule has 0 bridgehead atoms. The zero-order chi connectivity index (χ0) is 16.7. The van der Waals surface area contributed by atoms with Gasteiger partial charge in [-0.3, -0.25) is 0 Å². The highest BCUT2D eigenvalue weighted by Crippen LogP contribution is 2.34. The van der Waals surface area contributed by atoms with Crippen LogP contribution in [0.4, 0.5) is 0 Å². The summed E-state index contributed by atoms with van der Waals surface area (Å²) >= 11 is 14.1. The summed E-state index contributed by atoms with van der Waals surface area (Å²) in [4.78, 5) is 0. The SMILES string of the molecule is CCCOc1c(Cl)cc(CNCCSc2nnnn2C)cc1Cl. The van der Waals surface area contributed by atoms with Crippen molar-refractivity contribution >= 4 is 35.0 Å². The zero-order valence-corrected chi connectivity index (χ0v) is 15.4. The summed E-state index contributed by atoms with van der Waals surface area (Å²) in [6, 6.07) is 3.76. The van der Waals surface area contributed by atoms with Crippen LogP contribution in [0.1, 0.15) is 18.9 Å². The highest BCUT2D eigenvalue weighted by molar-refractivity contribution is 7.99. The van der Waals surface area contributed by atoms with Crippen LogP contribution in [0.15, 0.2) is 17.3 Å². The van der Waals surface area contributed by atoms with E-state index < -0.39 is 0 Å². The van der Waals surface area contributed by atoms with E-state index in [2.05, 4.69) is 20.8 Å². The van der Waals surface area contributed by atoms with E-state index in [1.165, 1.54) is 0 Å². The van der Waals surface area contributed by atoms with Crippen molar-refractivity contribution in [3.05, 3.63) is 27.7 Å². The molecule has 0 aliphatic heterocycles. The van der Waals surface area contributed by atoms with Gasteiger partial charge in [-0.2, -0.15) is 0 Å². The van der Waals surface area contributed by atoms with Crippen molar-refractivity contribution in [1.29, 1.82) is 0 Å². The van der Waals surface area contributed by atoms with Gasteiger partial charge in [-0.15, -0.1) is 5.10 Å². The van der Waals surface area contributed by atoms with Crippen molar-refractivity contribution in [2.75, 3.05) is 18.9 Å². The molecule has 126 valence electrons. The van der Waals surface area contributed by atoms with Gasteiger partial charge in [0.05, 0.1) is 16.7 Å². The number of aryl methyl sites for hydroxylation is 1. The molecule has 0 fully saturated rings. The van der Waals surface area contributed by atoms with Crippen LogP contribution in [0.2, 0.25) is 10.0 Å². The molecule has 0 aliphatic carbocycles. The van der Waals surface area contributed by atoms with E-state index in [-0.39, 0.29) is 0 Å². The summed E-state index contributed by atoms with van der Waals surface area (Å²) in [5.74, 6) is 1.43. The van der Waals surface area contributed by atoms with E-state index in [9.17, 15) is 0 Å². The third-order valence-electron chi connectivity index (χ3n) is 2.93. The number of hydrogen-bond donors (Lipinski definition) is 1. The predicted octanol–water partition coefficient (Wildman–Crippen LogP) is 3.19. The molecule has 0 aliphatic rings. The van der Waals surface area contributed by atoms with Crippen LogP contribution >= 0.6 is 35.0 Å². The van der Waals surface area contributed by atoms with Gasteiger partial charge in [0, 0.05) is 25.9 Å². The first-order valence-electron chi connectivity index (χ1n) is 7.28. The number of aromatic nitrogens is 4. The molecule has 0 saturated heterocycles. The third-order valence-corrected chi connectivity index (χ3v) is 4.50. The lowest BCUT2D eigenvalue weighted by Gasteiger charge is -2.11. The minimum atomic E-state index is 0.544. The normalized spacial score (nSPS) is 11.0. The summed E-state index contributed by atoms with van der Waals surface area (Å²) in [6.45, 7) is 4.15. The fourth-order valence-electron chi connectivity index (χ4n) is 1.85. The Labute approximate surface area is 149 Å². The van der Waals surface area contributed by atoms with E-state index in [1.54, 1.807) is 16.4 Å². The minimum absolute atomic E-state index is 0.544. The number of thioether (sulfide) groups is 1. The van der Waals surface area contributed by atoms with Crippen molar-refractivity contribution in [2.24, 2.45) is 7.05 Å². The second-order valence-corrected chi connectivity index (χ2v) is 6.72. The van der Waals surface area contributed by atoms with Crippen molar-refractivity contribution < 1.29 is 4.74 Å². The van der Waals surface area contributed by atoms with Gasteiger partial charge in [-0.1, -0.05) is 41.9 Å². The molecule has 0 atom stereocenters. The Morgan fingerprint density at radius 3 is 2.65 bits per heavy atom. The summed E-state index contributed by atoms with van der Waals surface area (Å²) < 4.78 is 7.21. The van der Waals surface area contributed by atoms with Gasteiger partial charge in [0.15, 0.2) is 5.75 Å². The van der Waals surface area contributed by atoms with Gasteiger partial charge in [0.1, 0.15) is 0 Å². The van der Waals surface area contributed by atoms with Crippen LogP contribution < -0.4 is 10.1 Å². The van der Waals surface area contributed by atoms with E-state index in [0.717, 1.165) is 29.4 Å². The second-order valence-electron chi connectivity index (χ2n) is 4.85. The molecule has 0 spiro atoms. The van der Waals surface area contributed by atoms with Crippen LogP contribution in [0.5, 0.6) is 5.75 Å². The number of nitrogens with zero attached hydrogens (tertiary/aromatic N) is 4.